The molecule has 1 unspecified atom stereocenters. The van der Waals surface area contributed by atoms with E-state index in [2.05, 4.69) is 5.32 Å². The van der Waals surface area contributed by atoms with Gasteiger partial charge in [0.05, 0.1) is 12.7 Å². The molecule has 1 rings (SSSR count). The first-order valence-corrected chi connectivity index (χ1v) is 5.99. The number of hydrogen-bond donors (Lipinski definition) is 1. The molecule has 0 aliphatic rings. The van der Waals surface area contributed by atoms with Crippen LogP contribution in [0.15, 0.2) is 24.3 Å². The standard InChI is InChI=1S/C12H11ClN2O2S/c1-2-17-12(16)10(7-14)11(18)15-9-5-3-8(13)4-6-9/h3-6,10H,2H2,1H3,(H,15,18). The Bertz CT molecular complexity index is 482. The molecular weight excluding hydrogens is 272 g/mol. The van der Waals surface area contributed by atoms with Crippen molar-refractivity contribution in [1.82, 2.24) is 0 Å². The van der Waals surface area contributed by atoms with Gasteiger partial charge in [0.15, 0.2) is 5.92 Å². The van der Waals surface area contributed by atoms with Crippen LogP contribution in [0, 0.1) is 17.2 Å². The van der Waals surface area contributed by atoms with Crippen LogP contribution in [0.1, 0.15) is 6.92 Å². The van der Waals surface area contributed by atoms with Crippen LogP contribution in [0.4, 0.5) is 5.69 Å². The molecule has 0 radical (unpaired) electrons. The lowest BCUT2D eigenvalue weighted by Gasteiger charge is -2.12. The quantitative estimate of drug-likeness (QED) is 0.680. The number of esters is 1. The summed E-state index contributed by atoms with van der Waals surface area (Å²) in [5.74, 6) is -1.75. The summed E-state index contributed by atoms with van der Waals surface area (Å²) >= 11 is 10.8. The van der Waals surface area contributed by atoms with Gasteiger partial charge in [0, 0.05) is 10.7 Å². The average Bonchev–Trinajstić information content (AvgIpc) is 2.33. The van der Waals surface area contributed by atoms with Gasteiger partial charge in [-0.15, -0.1) is 0 Å². The van der Waals surface area contributed by atoms with Crippen molar-refractivity contribution in [2.24, 2.45) is 5.92 Å². The number of halogens is 1. The Morgan fingerprint density at radius 1 is 1.56 bits per heavy atom. The van der Waals surface area contributed by atoms with Crippen LogP contribution in [0.3, 0.4) is 0 Å². The van der Waals surface area contributed by atoms with E-state index in [4.69, 9.17) is 33.8 Å². The van der Waals surface area contributed by atoms with Crippen molar-refractivity contribution in [3.63, 3.8) is 0 Å². The largest absolute Gasteiger partial charge is 0.465 e. The Morgan fingerprint density at radius 3 is 2.67 bits per heavy atom. The third-order valence-corrected chi connectivity index (χ3v) is 2.62. The second-order valence-corrected chi connectivity index (χ2v) is 4.19. The van der Waals surface area contributed by atoms with Crippen molar-refractivity contribution in [3.8, 4) is 6.07 Å². The number of carbonyl (C=O) groups excluding carboxylic acids is 1. The van der Waals surface area contributed by atoms with E-state index < -0.39 is 11.9 Å². The van der Waals surface area contributed by atoms with E-state index in [0.717, 1.165) is 0 Å². The van der Waals surface area contributed by atoms with Crippen molar-refractivity contribution in [2.45, 2.75) is 6.92 Å². The number of thiocarbonyl (C=S) groups is 1. The fourth-order valence-corrected chi connectivity index (χ4v) is 1.58. The van der Waals surface area contributed by atoms with Gasteiger partial charge in [-0.25, -0.2) is 0 Å². The van der Waals surface area contributed by atoms with Gasteiger partial charge in [0.2, 0.25) is 0 Å². The lowest BCUT2D eigenvalue weighted by molar-refractivity contribution is -0.143. The van der Waals surface area contributed by atoms with Gasteiger partial charge < -0.3 is 10.1 Å². The zero-order valence-electron chi connectivity index (χ0n) is 9.64. The van der Waals surface area contributed by atoms with Gasteiger partial charge in [-0.3, -0.25) is 4.79 Å². The van der Waals surface area contributed by atoms with Gasteiger partial charge in [-0.2, -0.15) is 5.26 Å². The topological polar surface area (TPSA) is 62.1 Å². The van der Waals surface area contributed by atoms with Crippen molar-refractivity contribution < 1.29 is 9.53 Å². The van der Waals surface area contributed by atoms with Gasteiger partial charge in [0.1, 0.15) is 4.99 Å². The number of nitrogens with one attached hydrogen (secondary N) is 1. The van der Waals surface area contributed by atoms with Gasteiger partial charge in [-0.1, -0.05) is 23.8 Å². The highest BCUT2D eigenvalue weighted by atomic mass is 35.5. The molecule has 18 heavy (non-hydrogen) atoms. The molecule has 0 heterocycles. The third-order valence-electron chi connectivity index (χ3n) is 2.03. The van der Waals surface area contributed by atoms with E-state index in [1.54, 1.807) is 31.2 Å². The van der Waals surface area contributed by atoms with Crippen LogP contribution in [0.25, 0.3) is 0 Å². The first-order valence-electron chi connectivity index (χ1n) is 5.21. The maximum atomic E-state index is 11.5. The van der Waals surface area contributed by atoms with Crippen LogP contribution in [-0.4, -0.2) is 17.6 Å². The minimum Gasteiger partial charge on any atom is -0.465 e. The van der Waals surface area contributed by atoms with Crippen LogP contribution in [0.2, 0.25) is 5.02 Å². The van der Waals surface area contributed by atoms with E-state index in [-0.39, 0.29) is 11.6 Å². The molecule has 4 nitrogen and oxygen atoms in total. The van der Waals surface area contributed by atoms with Crippen LogP contribution in [0.5, 0.6) is 0 Å². The van der Waals surface area contributed by atoms with Gasteiger partial charge in [0.25, 0.3) is 0 Å². The summed E-state index contributed by atoms with van der Waals surface area (Å²) in [7, 11) is 0. The van der Waals surface area contributed by atoms with Crippen molar-refractivity contribution >= 4 is 40.5 Å². The number of nitriles is 1. The molecule has 0 aliphatic carbocycles. The first kappa shape index (κ1) is 14.4. The average molecular weight is 283 g/mol. The lowest BCUT2D eigenvalue weighted by Crippen LogP contribution is -2.28. The van der Waals surface area contributed by atoms with Crippen molar-refractivity contribution in [2.75, 3.05) is 11.9 Å². The van der Waals surface area contributed by atoms with E-state index in [1.807, 2.05) is 6.07 Å². The maximum absolute atomic E-state index is 11.5. The minimum absolute atomic E-state index is 0.110. The lowest BCUT2D eigenvalue weighted by atomic mass is 10.1. The van der Waals surface area contributed by atoms with Crippen LogP contribution in [-0.2, 0) is 9.53 Å². The normalized spacial score (nSPS) is 11.2. The molecule has 0 saturated heterocycles. The van der Waals surface area contributed by atoms with E-state index in [9.17, 15) is 4.79 Å². The number of anilines is 1. The summed E-state index contributed by atoms with van der Waals surface area (Å²) in [4.78, 5) is 11.6. The summed E-state index contributed by atoms with van der Waals surface area (Å²) in [5.41, 5.74) is 0.661. The number of carbonyl (C=O) groups is 1. The van der Waals surface area contributed by atoms with Crippen LogP contribution >= 0.6 is 23.8 Å². The molecule has 0 aliphatic heterocycles. The number of rotatable bonds is 4. The second kappa shape index (κ2) is 6.94. The first-order chi connectivity index (χ1) is 8.58. The Labute approximate surface area is 116 Å². The number of hydrogen-bond acceptors (Lipinski definition) is 4. The maximum Gasteiger partial charge on any atom is 0.330 e. The zero-order valence-corrected chi connectivity index (χ0v) is 11.2. The molecule has 0 saturated carbocycles. The summed E-state index contributed by atoms with van der Waals surface area (Å²) in [6.07, 6.45) is 0. The minimum atomic E-state index is -1.10. The highest BCUT2D eigenvalue weighted by Crippen LogP contribution is 2.15. The Balaban J connectivity index is 2.72. The zero-order chi connectivity index (χ0) is 13.5. The molecule has 1 aromatic rings. The second-order valence-electron chi connectivity index (χ2n) is 3.31. The molecule has 1 N–H and O–H groups in total. The Hall–Kier alpha value is -1.64. The molecular formula is C12H11ClN2O2S. The summed E-state index contributed by atoms with van der Waals surface area (Å²) in [5, 5.41) is 12.3. The smallest absolute Gasteiger partial charge is 0.330 e. The Kier molecular flexibility index (Phi) is 5.56. The summed E-state index contributed by atoms with van der Waals surface area (Å²) < 4.78 is 4.76. The van der Waals surface area contributed by atoms with Gasteiger partial charge in [-0.05, 0) is 31.2 Å². The van der Waals surface area contributed by atoms with E-state index >= 15 is 0 Å². The summed E-state index contributed by atoms with van der Waals surface area (Å²) in [6.45, 7) is 1.88. The molecule has 94 valence electrons. The predicted octanol–water partition coefficient (Wildman–Crippen LogP) is 2.78. The molecule has 0 aromatic heterocycles. The molecule has 0 amide bonds. The van der Waals surface area contributed by atoms with Crippen molar-refractivity contribution in [1.29, 1.82) is 5.26 Å². The molecule has 0 fully saturated rings. The van der Waals surface area contributed by atoms with Crippen LogP contribution < -0.4 is 5.32 Å². The van der Waals surface area contributed by atoms with Crippen molar-refractivity contribution in [3.05, 3.63) is 29.3 Å². The number of nitrogens with zero attached hydrogens (tertiary/aromatic N) is 1. The summed E-state index contributed by atoms with van der Waals surface area (Å²) in [6, 6.07) is 8.58. The molecule has 0 bridgehead atoms. The fourth-order valence-electron chi connectivity index (χ4n) is 1.19. The molecule has 6 heteroatoms. The number of benzene rings is 1. The highest BCUT2D eigenvalue weighted by Gasteiger charge is 2.24. The van der Waals surface area contributed by atoms with Gasteiger partial charge >= 0.3 is 5.97 Å². The predicted molar refractivity (Wildman–Crippen MR) is 73.4 cm³/mol. The Morgan fingerprint density at radius 2 is 2.17 bits per heavy atom. The fraction of sp³-hybridized carbons (Fsp3) is 0.250. The highest BCUT2D eigenvalue weighted by molar-refractivity contribution is 7.80. The SMILES string of the molecule is CCOC(=O)C(C#N)C(=S)Nc1ccc(Cl)cc1. The number of ether oxygens (including phenoxy) is 1. The molecule has 1 aromatic carbocycles. The molecule has 0 spiro atoms. The monoisotopic (exact) mass is 282 g/mol. The van der Waals surface area contributed by atoms with E-state index in [0.29, 0.717) is 10.7 Å². The third kappa shape index (κ3) is 3.99. The van der Waals surface area contributed by atoms with E-state index in [1.165, 1.54) is 0 Å². The molecule has 1 atom stereocenters.